The van der Waals surface area contributed by atoms with Gasteiger partial charge in [0.2, 0.25) is 0 Å². The van der Waals surface area contributed by atoms with Crippen LogP contribution in [-0.2, 0) is 26.2 Å². The molecule has 12 nitrogen and oxygen atoms in total. The predicted molar refractivity (Wildman–Crippen MR) is 284 cm³/mol. The van der Waals surface area contributed by atoms with Gasteiger partial charge in [0, 0.05) is 121 Å². The maximum absolute atomic E-state index is 12.9. The molecular weight excluding hydrogens is 905 g/mol. The number of benzene rings is 4. The molecule has 0 saturated carbocycles. The number of rotatable bonds is 12. The van der Waals surface area contributed by atoms with Crippen molar-refractivity contribution in [2.24, 2.45) is 23.7 Å². The van der Waals surface area contributed by atoms with Gasteiger partial charge in [-0.25, -0.2) is 0 Å². The topological polar surface area (TPSA) is 131 Å². The van der Waals surface area contributed by atoms with E-state index in [1.54, 1.807) is 0 Å². The Morgan fingerprint density at radius 2 is 0.556 bits per heavy atom. The molecule has 4 atom stereocenters. The van der Waals surface area contributed by atoms with Gasteiger partial charge in [-0.3, -0.25) is 19.6 Å². The largest absolute Gasteiger partial charge is 0.507 e. The Morgan fingerprint density at radius 1 is 0.361 bits per heavy atom. The molecule has 392 valence electrons. The first-order chi connectivity index (χ1) is 34.5. The third-order valence-corrected chi connectivity index (χ3v) is 15.8. The van der Waals surface area contributed by atoms with E-state index in [0.29, 0.717) is 125 Å². The van der Waals surface area contributed by atoms with Crippen LogP contribution < -0.4 is 18.9 Å². The summed E-state index contributed by atoms with van der Waals surface area (Å²) >= 11 is 0. The zero-order valence-corrected chi connectivity index (χ0v) is 45.5. The van der Waals surface area contributed by atoms with E-state index in [4.69, 9.17) is 18.9 Å². The molecular formula is C60H84N4O8. The summed E-state index contributed by atoms with van der Waals surface area (Å²) in [7, 11) is 0. The number of phenolic OH excluding ortho intramolecular Hbond substituents is 4. The highest BCUT2D eigenvalue weighted by atomic mass is 16.5. The van der Waals surface area contributed by atoms with Crippen LogP contribution in [0.1, 0.15) is 199 Å². The van der Waals surface area contributed by atoms with Crippen molar-refractivity contribution in [1.82, 2.24) is 19.6 Å². The maximum Gasteiger partial charge on any atom is 0.142 e. The molecule has 0 saturated heterocycles. The molecule has 12 heteroatoms. The number of phenols is 4. The molecule has 4 aliphatic heterocycles. The van der Waals surface area contributed by atoms with Crippen molar-refractivity contribution in [2.45, 2.75) is 159 Å². The minimum Gasteiger partial charge on any atom is -0.507 e. The van der Waals surface area contributed by atoms with E-state index < -0.39 is 0 Å². The van der Waals surface area contributed by atoms with Crippen LogP contribution in [0.25, 0.3) is 0 Å². The first-order valence-corrected chi connectivity index (χ1v) is 27.4. The van der Waals surface area contributed by atoms with Gasteiger partial charge >= 0.3 is 0 Å². The Hall–Kier alpha value is -4.88. The fourth-order valence-electron chi connectivity index (χ4n) is 13.1. The van der Waals surface area contributed by atoms with E-state index in [0.717, 1.165) is 92.9 Å². The van der Waals surface area contributed by atoms with E-state index in [9.17, 15) is 20.4 Å². The number of hydrogen-bond donors (Lipinski definition) is 4. The van der Waals surface area contributed by atoms with Crippen LogP contribution in [0.5, 0.6) is 46.0 Å². The van der Waals surface area contributed by atoms with E-state index in [1.807, 2.05) is 0 Å². The molecule has 5 aliphatic rings. The van der Waals surface area contributed by atoms with Gasteiger partial charge in [-0.05, 0) is 73.6 Å². The monoisotopic (exact) mass is 989 g/mol. The summed E-state index contributed by atoms with van der Waals surface area (Å²) in [5.41, 5.74) is 9.80. The van der Waals surface area contributed by atoms with Crippen molar-refractivity contribution in [1.29, 1.82) is 0 Å². The summed E-state index contributed by atoms with van der Waals surface area (Å²) in [6, 6.07) is 8.63. The highest BCUT2D eigenvalue weighted by molar-refractivity contribution is 5.68. The van der Waals surface area contributed by atoms with Gasteiger partial charge in [0.25, 0.3) is 0 Å². The lowest BCUT2D eigenvalue weighted by Crippen LogP contribution is -2.36. The van der Waals surface area contributed by atoms with Crippen molar-refractivity contribution in [3.63, 3.8) is 0 Å². The normalized spacial score (nSPS) is 21.4. The van der Waals surface area contributed by atoms with Crippen molar-refractivity contribution in [3.05, 3.63) is 91.0 Å². The molecule has 0 amide bonds. The average Bonchev–Trinajstić information content (AvgIpc) is 3.33. The van der Waals surface area contributed by atoms with E-state index >= 15 is 0 Å². The lowest BCUT2D eigenvalue weighted by Gasteiger charge is -2.38. The molecule has 8 bridgehead atoms. The number of nitrogens with zero attached hydrogens (tertiary/aromatic N) is 4. The van der Waals surface area contributed by atoms with Gasteiger partial charge in [-0.2, -0.15) is 0 Å². The Kier molecular flexibility index (Phi) is 15.3. The zero-order valence-electron chi connectivity index (χ0n) is 45.5. The number of aromatic hydroxyl groups is 4. The van der Waals surface area contributed by atoms with Gasteiger partial charge < -0.3 is 39.4 Å². The minimum atomic E-state index is -0.345. The number of ether oxygens (including phenoxy) is 4. The Morgan fingerprint density at radius 3 is 0.722 bits per heavy atom. The van der Waals surface area contributed by atoms with Crippen LogP contribution in [0, 0.1) is 23.7 Å². The SMILES string of the molecule is CC[C@H]1c2cc(c3c(c2O)CN(CC(C)C)CO3)[C@@H](CC)c2cc(c3c(c2O)CN(CC(C)C)CO3)[C@@H](CC)c2cc(c3c(c2O)CN(CC(C)C)CO3)[C@@H](CC)c2cc1c1c(c2O)CN(CC(C)C)CO1. The Labute approximate surface area is 429 Å². The van der Waals surface area contributed by atoms with E-state index in [2.05, 4.69) is 127 Å². The fourth-order valence-corrected chi connectivity index (χ4v) is 13.1. The van der Waals surface area contributed by atoms with Gasteiger partial charge in [0.1, 0.15) is 72.9 Å². The highest BCUT2D eigenvalue weighted by Gasteiger charge is 2.40. The molecule has 4 heterocycles. The summed E-state index contributed by atoms with van der Waals surface area (Å²) in [6.07, 6.45) is 2.53. The van der Waals surface area contributed by atoms with Gasteiger partial charge in [-0.15, -0.1) is 0 Å². The molecule has 9 rings (SSSR count). The highest BCUT2D eigenvalue weighted by Crippen LogP contribution is 2.57. The van der Waals surface area contributed by atoms with E-state index in [1.165, 1.54) is 0 Å². The molecule has 4 aromatic rings. The quantitative estimate of drug-likeness (QED) is 0.108. The number of hydrogen-bond acceptors (Lipinski definition) is 12. The summed E-state index contributed by atoms with van der Waals surface area (Å²) in [5, 5.41) is 51.8. The average molecular weight is 989 g/mol. The van der Waals surface area contributed by atoms with E-state index in [-0.39, 0.29) is 46.7 Å². The fraction of sp³-hybridized carbons (Fsp3) is 0.600. The first kappa shape index (κ1) is 52.0. The molecule has 1 aliphatic carbocycles. The minimum absolute atomic E-state index is 0.216. The molecule has 72 heavy (non-hydrogen) atoms. The van der Waals surface area contributed by atoms with Crippen molar-refractivity contribution in [3.8, 4) is 46.0 Å². The molecule has 4 N–H and O–H groups in total. The third-order valence-electron chi connectivity index (χ3n) is 15.8. The summed E-state index contributed by atoms with van der Waals surface area (Å²) in [4.78, 5) is 9.05. The first-order valence-electron chi connectivity index (χ1n) is 27.4. The lowest BCUT2D eigenvalue weighted by molar-refractivity contribution is 0.0803. The standard InChI is InChI=1S/C60H84N4O8/c1-13-37-41-17-46(58-49(53(41)65)25-61(30-70-58)21-33(5)6)39(15-3)43-19-48(60-51(55(43)67)27-63(32-72-60)23-35(9)10)40(16-4)44-20-47(59-52(56(44)68)28-64(31-71-59)24-36(11)12)38(14-2)42-18-45(37)57-50(54(42)66)26-62(29-69-57)22-34(7)8/h17-20,33-40,65-68H,13-16,21-32H2,1-12H3/t37-,38-,39-,40-/m0/s1. The smallest absolute Gasteiger partial charge is 0.142 e. The van der Waals surface area contributed by atoms with Crippen molar-refractivity contribution >= 4 is 0 Å². The predicted octanol–water partition coefficient (Wildman–Crippen LogP) is 12.2. The maximum atomic E-state index is 12.9. The van der Waals surface area contributed by atoms with Crippen molar-refractivity contribution in [2.75, 3.05) is 53.1 Å². The molecule has 0 radical (unpaired) electrons. The second-order valence-electron chi connectivity index (χ2n) is 23.4. The summed E-state index contributed by atoms with van der Waals surface area (Å²) < 4.78 is 27.4. The molecule has 0 fully saturated rings. The molecule has 0 spiro atoms. The third kappa shape index (κ3) is 9.59. The summed E-state index contributed by atoms with van der Waals surface area (Å²) in [5.74, 6) is 3.71. The Bertz CT molecular complexity index is 2290. The van der Waals surface area contributed by atoms with Crippen LogP contribution >= 0.6 is 0 Å². The van der Waals surface area contributed by atoms with Crippen LogP contribution in [0.2, 0.25) is 0 Å². The molecule has 0 unspecified atom stereocenters. The van der Waals surface area contributed by atoms with Gasteiger partial charge in [-0.1, -0.05) is 83.1 Å². The lowest BCUT2D eigenvalue weighted by atomic mass is 9.75. The molecule has 4 aromatic carbocycles. The van der Waals surface area contributed by atoms with Crippen LogP contribution in [0.3, 0.4) is 0 Å². The van der Waals surface area contributed by atoms with Crippen LogP contribution in [0.15, 0.2) is 24.3 Å². The summed E-state index contributed by atoms with van der Waals surface area (Å²) in [6.45, 7) is 33.1. The second kappa shape index (κ2) is 21.2. The van der Waals surface area contributed by atoms with Gasteiger partial charge in [0.05, 0.1) is 22.3 Å². The van der Waals surface area contributed by atoms with Crippen LogP contribution in [-0.4, -0.2) is 93.1 Å². The molecule has 0 aromatic heterocycles. The zero-order chi connectivity index (χ0) is 51.4. The van der Waals surface area contributed by atoms with Crippen LogP contribution in [0.4, 0.5) is 0 Å². The second-order valence-corrected chi connectivity index (χ2v) is 23.4. The van der Waals surface area contributed by atoms with Crippen molar-refractivity contribution < 1.29 is 39.4 Å². The number of fused-ring (bicyclic) bond motifs is 16. The Balaban J connectivity index is 1.40. The van der Waals surface area contributed by atoms with Gasteiger partial charge in [0.15, 0.2) is 0 Å².